The second kappa shape index (κ2) is 12.7. The number of likely N-dealkylation sites (N-methyl/N-ethyl adjacent to an activating group) is 1. The van der Waals surface area contributed by atoms with Crippen LogP contribution in [-0.4, -0.2) is 113 Å². The Balaban J connectivity index is 1.20. The molecule has 5 rings (SSSR count). The fraction of sp³-hybridized carbons (Fsp3) is 0.419. The van der Waals surface area contributed by atoms with Crippen molar-refractivity contribution in [2.45, 2.75) is 12.5 Å². The highest BCUT2D eigenvalue weighted by molar-refractivity contribution is 6.34. The predicted octanol–water partition coefficient (Wildman–Crippen LogP) is 3.02. The number of carbonyl (C=O) groups is 3. The van der Waals surface area contributed by atoms with Gasteiger partial charge in [0, 0.05) is 50.9 Å². The van der Waals surface area contributed by atoms with E-state index in [-0.39, 0.29) is 45.2 Å². The number of rotatable bonds is 6. The molecule has 0 spiro atoms. The van der Waals surface area contributed by atoms with Crippen LogP contribution in [0.1, 0.15) is 27.4 Å². The van der Waals surface area contributed by atoms with Gasteiger partial charge in [-0.1, -0.05) is 11.6 Å². The standard InChI is InChI=1S/C31H35ClF2N6O5/c1-37-23(20-7-8-25(45-4)27(34)26(20)33)16-35-28(37)29(42)36-18-5-6-19(22(32)15-18)30(43)38-10-12-39(13-11-38)31(44)21-9-14-40(2,3)17-24(21)41/h5-8,15-16,21,24,41H,9-14,17H2,1-4H3/p+1. The molecule has 2 aromatic carbocycles. The van der Waals surface area contributed by atoms with Crippen LogP contribution in [0.5, 0.6) is 5.75 Å². The first-order chi connectivity index (χ1) is 21.3. The van der Waals surface area contributed by atoms with Gasteiger partial charge in [0.25, 0.3) is 11.8 Å². The number of aliphatic hydroxyl groups excluding tert-OH is 1. The Labute approximate surface area is 264 Å². The number of hydrogen-bond donors (Lipinski definition) is 2. The first-order valence-electron chi connectivity index (χ1n) is 14.5. The van der Waals surface area contributed by atoms with Gasteiger partial charge in [0.1, 0.15) is 12.6 Å². The summed E-state index contributed by atoms with van der Waals surface area (Å²) < 4.78 is 35.7. The van der Waals surface area contributed by atoms with Crippen molar-refractivity contribution in [2.75, 3.05) is 65.8 Å². The van der Waals surface area contributed by atoms with Crippen molar-refractivity contribution in [3.8, 4) is 17.0 Å². The van der Waals surface area contributed by atoms with Gasteiger partial charge in [-0.25, -0.2) is 9.37 Å². The number of piperazine rings is 1. The number of amides is 3. The minimum Gasteiger partial charge on any atom is -0.494 e. The van der Waals surface area contributed by atoms with Crippen molar-refractivity contribution >= 4 is 35.0 Å². The number of benzene rings is 2. The van der Waals surface area contributed by atoms with Crippen molar-refractivity contribution in [1.29, 1.82) is 0 Å². The van der Waals surface area contributed by atoms with Gasteiger partial charge in [-0.3, -0.25) is 14.4 Å². The van der Waals surface area contributed by atoms with Gasteiger partial charge >= 0.3 is 0 Å². The fourth-order valence-corrected chi connectivity index (χ4v) is 6.20. The first kappa shape index (κ1) is 32.3. The lowest BCUT2D eigenvalue weighted by molar-refractivity contribution is -0.899. The first-order valence-corrected chi connectivity index (χ1v) is 14.9. The molecule has 2 atom stereocenters. The molecule has 0 bridgehead atoms. The third-order valence-electron chi connectivity index (χ3n) is 8.58. The summed E-state index contributed by atoms with van der Waals surface area (Å²) >= 11 is 6.46. The number of aliphatic hydroxyl groups is 1. The summed E-state index contributed by atoms with van der Waals surface area (Å²) in [5.41, 5.74) is 0.635. The summed E-state index contributed by atoms with van der Waals surface area (Å²) in [5.74, 6) is -4.02. The number of methoxy groups -OCH3 is 1. The second-order valence-electron chi connectivity index (χ2n) is 12.0. The number of quaternary nitrogens is 1. The average molecular weight is 646 g/mol. The third kappa shape index (κ3) is 6.51. The molecule has 2 aliphatic heterocycles. The molecule has 2 N–H and O–H groups in total. The van der Waals surface area contributed by atoms with Gasteiger partial charge in [-0.05, 0) is 30.3 Å². The van der Waals surface area contributed by atoms with Crippen molar-refractivity contribution in [3.63, 3.8) is 0 Å². The Morgan fingerprint density at radius 3 is 2.40 bits per heavy atom. The SMILES string of the molecule is COc1ccc(-c2cnc(C(=O)Nc3ccc(C(=O)N4CCN(C(=O)C5CC[N+](C)(C)CC5O)CC4)c(Cl)c3)n2C)c(F)c1F. The minimum absolute atomic E-state index is 0.0622. The second-order valence-corrected chi connectivity index (χ2v) is 12.4. The molecule has 3 amide bonds. The highest BCUT2D eigenvalue weighted by Crippen LogP contribution is 2.30. The van der Waals surface area contributed by atoms with Crippen LogP contribution in [0.25, 0.3) is 11.3 Å². The monoisotopic (exact) mass is 645 g/mol. The highest BCUT2D eigenvalue weighted by atomic mass is 35.5. The van der Waals surface area contributed by atoms with Crippen LogP contribution in [0.15, 0.2) is 36.5 Å². The maximum absolute atomic E-state index is 14.7. The number of nitrogens with zero attached hydrogens (tertiary/aromatic N) is 5. The largest absolute Gasteiger partial charge is 0.494 e. The Bertz CT molecular complexity index is 1640. The van der Waals surface area contributed by atoms with Crippen LogP contribution in [0.3, 0.4) is 0 Å². The van der Waals surface area contributed by atoms with Gasteiger partial charge in [0.2, 0.25) is 11.7 Å². The molecule has 11 nitrogen and oxygen atoms in total. The van der Waals surface area contributed by atoms with Gasteiger partial charge in [0.05, 0.1) is 56.1 Å². The van der Waals surface area contributed by atoms with Crippen molar-refractivity contribution in [3.05, 3.63) is 64.6 Å². The van der Waals surface area contributed by atoms with E-state index in [0.717, 1.165) is 6.54 Å². The highest BCUT2D eigenvalue weighted by Gasteiger charge is 2.40. The number of nitrogens with one attached hydrogen (secondary N) is 1. The number of carbonyl (C=O) groups excluding carboxylic acids is 3. The lowest BCUT2D eigenvalue weighted by Gasteiger charge is -2.42. The molecule has 2 unspecified atom stereocenters. The van der Waals surface area contributed by atoms with Crippen molar-refractivity contribution in [1.82, 2.24) is 19.4 Å². The summed E-state index contributed by atoms with van der Waals surface area (Å²) in [6, 6.07) is 7.11. The number of imidazole rings is 1. The summed E-state index contributed by atoms with van der Waals surface area (Å²) in [4.78, 5) is 46.8. The summed E-state index contributed by atoms with van der Waals surface area (Å²) in [7, 11) is 6.80. The number of aromatic nitrogens is 2. The zero-order valence-electron chi connectivity index (χ0n) is 25.5. The maximum Gasteiger partial charge on any atom is 0.291 e. The molecular weight excluding hydrogens is 610 g/mol. The molecule has 14 heteroatoms. The Kier molecular flexibility index (Phi) is 9.15. The Hall–Kier alpha value is -4.07. The zero-order chi connectivity index (χ0) is 32.6. The molecule has 45 heavy (non-hydrogen) atoms. The molecule has 0 aliphatic carbocycles. The smallest absolute Gasteiger partial charge is 0.291 e. The Morgan fingerprint density at radius 2 is 1.76 bits per heavy atom. The number of piperidine rings is 1. The van der Waals surface area contributed by atoms with E-state index in [1.54, 1.807) is 9.80 Å². The predicted molar refractivity (Wildman–Crippen MR) is 163 cm³/mol. The summed E-state index contributed by atoms with van der Waals surface area (Å²) in [5, 5.41) is 13.4. The zero-order valence-corrected chi connectivity index (χ0v) is 26.3. The number of likely N-dealkylation sites (tertiary alicyclic amines) is 1. The molecule has 240 valence electrons. The molecule has 1 aromatic heterocycles. The van der Waals surface area contributed by atoms with Crippen LogP contribution >= 0.6 is 11.6 Å². The van der Waals surface area contributed by atoms with Crippen molar-refractivity contribution in [2.24, 2.45) is 13.0 Å². The summed E-state index contributed by atoms with van der Waals surface area (Å²) in [6.07, 6.45) is 1.19. The van der Waals surface area contributed by atoms with Crippen LogP contribution in [0, 0.1) is 17.6 Å². The minimum atomic E-state index is -1.15. The molecular formula is C31H36ClF2N6O5+. The van der Waals surface area contributed by atoms with E-state index in [1.165, 1.54) is 55.3 Å². The molecule has 2 saturated heterocycles. The van der Waals surface area contributed by atoms with Crippen LogP contribution in [-0.2, 0) is 11.8 Å². The Morgan fingerprint density at radius 1 is 1.07 bits per heavy atom. The van der Waals surface area contributed by atoms with E-state index in [4.69, 9.17) is 16.3 Å². The number of hydrogen-bond acceptors (Lipinski definition) is 6. The average Bonchev–Trinajstić information content (AvgIpc) is 3.38. The molecule has 3 aromatic rings. The summed E-state index contributed by atoms with van der Waals surface area (Å²) in [6.45, 7) is 2.70. The van der Waals surface area contributed by atoms with E-state index in [2.05, 4.69) is 10.3 Å². The van der Waals surface area contributed by atoms with Gasteiger partial charge in [0.15, 0.2) is 17.4 Å². The van der Waals surface area contributed by atoms with E-state index in [0.29, 0.717) is 49.3 Å². The maximum atomic E-state index is 14.7. The number of anilines is 1. The van der Waals surface area contributed by atoms with Crippen molar-refractivity contribution < 1.29 is 37.5 Å². The molecule has 0 saturated carbocycles. The topological polar surface area (TPSA) is 117 Å². The number of ether oxygens (including phenoxy) is 1. The third-order valence-corrected chi connectivity index (χ3v) is 8.89. The molecule has 0 radical (unpaired) electrons. The lowest BCUT2D eigenvalue weighted by atomic mass is 9.91. The van der Waals surface area contributed by atoms with Gasteiger partial charge in [-0.15, -0.1) is 0 Å². The van der Waals surface area contributed by atoms with E-state index in [1.807, 2.05) is 14.1 Å². The van der Waals surface area contributed by atoms with Crippen LogP contribution in [0.4, 0.5) is 14.5 Å². The normalized spacial score (nSPS) is 19.7. The molecule has 3 heterocycles. The number of halogens is 3. The lowest BCUT2D eigenvalue weighted by Crippen LogP contribution is -2.58. The molecule has 2 fully saturated rings. The van der Waals surface area contributed by atoms with E-state index < -0.39 is 29.6 Å². The van der Waals surface area contributed by atoms with E-state index >= 15 is 0 Å². The fourth-order valence-electron chi connectivity index (χ4n) is 5.94. The van der Waals surface area contributed by atoms with E-state index in [9.17, 15) is 28.3 Å². The van der Waals surface area contributed by atoms with Gasteiger partial charge < -0.3 is 34.0 Å². The van der Waals surface area contributed by atoms with Crippen LogP contribution < -0.4 is 10.1 Å². The molecule has 2 aliphatic rings. The van der Waals surface area contributed by atoms with Gasteiger partial charge in [-0.2, -0.15) is 4.39 Å². The quantitative estimate of drug-likeness (QED) is 0.398. The van der Waals surface area contributed by atoms with Crippen LogP contribution in [0.2, 0.25) is 5.02 Å².